The van der Waals surface area contributed by atoms with Gasteiger partial charge < -0.3 is 4.74 Å². The minimum atomic E-state index is -0.448. The fourth-order valence-electron chi connectivity index (χ4n) is 2.11. The van der Waals surface area contributed by atoms with E-state index in [-0.39, 0.29) is 0 Å². The molecule has 0 amide bonds. The third-order valence-corrected chi connectivity index (χ3v) is 4.63. The number of rotatable bonds is 3. The number of hydrogen-bond acceptors (Lipinski definition) is 4. The summed E-state index contributed by atoms with van der Waals surface area (Å²) >= 11 is 12.5. The quantitative estimate of drug-likeness (QED) is 0.459. The van der Waals surface area contributed by atoms with Crippen LogP contribution in [0.3, 0.4) is 0 Å². The molecule has 0 aliphatic carbocycles. The van der Waals surface area contributed by atoms with Crippen LogP contribution in [0.5, 0.6) is 5.88 Å². The molecule has 3 rings (SSSR count). The van der Waals surface area contributed by atoms with Gasteiger partial charge in [0.2, 0.25) is 5.88 Å². The van der Waals surface area contributed by atoms with Gasteiger partial charge in [0, 0.05) is 5.02 Å². The Morgan fingerprint density at radius 2 is 1.96 bits per heavy atom. The molecule has 0 saturated heterocycles. The maximum Gasteiger partial charge on any atom is 0.344 e. The second-order valence-corrected chi connectivity index (χ2v) is 6.85. The number of halogens is 1. The molecular formula is C17H12ClNO2S2. The van der Waals surface area contributed by atoms with E-state index in [2.05, 4.69) is 0 Å². The lowest BCUT2D eigenvalue weighted by atomic mass is 10.2. The number of ether oxygens (including phenoxy) is 1. The van der Waals surface area contributed by atoms with E-state index in [0.717, 1.165) is 11.3 Å². The van der Waals surface area contributed by atoms with Crippen LogP contribution >= 0.6 is 35.2 Å². The molecule has 0 N–H and O–H groups in total. The molecule has 1 aromatic heterocycles. The van der Waals surface area contributed by atoms with Crippen molar-refractivity contribution in [1.29, 1.82) is 0 Å². The van der Waals surface area contributed by atoms with E-state index in [0.29, 0.717) is 20.4 Å². The summed E-state index contributed by atoms with van der Waals surface area (Å²) in [5.41, 5.74) is 2.41. The minimum Gasteiger partial charge on any atom is -0.404 e. The van der Waals surface area contributed by atoms with Gasteiger partial charge in [-0.05, 0) is 61.1 Å². The Morgan fingerprint density at radius 3 is 2.65 bits per heavy atom. The molecule has 23 heavy (non-hydrogen) atoms. The first-order valence-corrected chi connectivity index (χ1v) is 8.46. The highest BCUT2D eigenvalue weighted by atomic mass is 35.5. The number of benzene rings is 2. The van der Waals surface area contributed by atoms with Crippen LogP contribution in [0.2, 0.25) is 5.02 Å². The second kappa shape index (κ2) is 6.66. The maximum absolute atomic E-state index is 12.3. The number of carbonyl (C=O) groups excluding carboxylic acids is 1. The van der Waals surface area contributed by atoms with E-state index >= 15 is 0 Å². The zero-order valence-corrected chi connectivity index (χ0v) is 14.5. The predicted molar refractivity (Wildman–Crippen MR) is 95.6 cm³/mol. The standard InChI is InChI=1S/C17H12ClNO2S2/c1-11-3-2-4-14(9-11)19-15(10-23-17(19)22)21-16(20)12-5-7-13(18)8-6-12/h2-10H,1H3. The van der Waals surface area contributed by atoms with Crippen LogP contribution < -0.4 is 4.74 Å². The second-order valence-electron chi connectivity index (χ2n) is 4.91. The molecule has 0 spiro atoms. The van der Waals surface area contributed by atoms with E-state index in [9.17, 15) is 4.79 Å². The molecule has 0 aliphatic heterocycles. The summed E-state index contributed by atoms with van der Waals surface area (Å²) in [5, 5.41) is 2.30. The van der Waals surface area contributed by atoms with Crippen LogP contribution in [0.4, 0.5) is 0 Å². The third kappa shape index (κ3) is 3.52. The maximum atomic E-state index is 12.3. The summed E-state index contributed by atoms with van der Waals surface area (Å²) in [7, 11) is 0. The fraction of sp³-hybridized carbons (Fsp3) is 0.0588. The molecule has 6 heteroatoms. The minimum absolute atomic E-state index is 0.408. The average Bonchev–Trinajstić information content (AvgIpc) is 2.88. The first-order chi connectivity index (χ1) is 11.0. The van der Waals surface area contributed by atoms with Crippen molar-refractivity contribution >= 4 is 41.1 Å². The fourth-order valence-corrected chi connectivity index (χ4v) is 3.23. The zero-order chi connectivity index (χ0) is 16.4. The lowest BCUT2D eigenvalue weighted by molar-refractivity contribution is 0.0724. The van der Waals surface area contributed by atoms with E-state index in [4.69, 9.17) is 28.6 Å². The molecule has 0 radical (unpaired) electrons. The van der Waals surface area contributed by atoms with Crippen LogP contribution in [-0.4, -0.2) is 10.5 Å². The Balaban J connectivity index is 1.94. The van der Waals surface area contributed by atoms with Crippen LogP contribution in [0, 0.1) is 10.9 Å². The molecule has 3 nitrogen and oxygen atoms in total. The van der Waals surface area contributed by atoms with Crippen LogP contribution in [-0.2, 0) is 0 Å². The summed E-state index contributed by atoms with van der Waals surface area (Å²) in [6.07, 6.45) is 0. The first-order valence-electron chi connectivity index (χ1n) is 6.80. The van der Waals surface area contributed by atoms with Gasteiger partial charge in [0.15, 0.2) is 3.95 Å². The lowest BCUT2D eigenvalue weighted by Gasteiger charge is -2.09. The number of aromatic nitrogens is 1. The van der Waals surface area contributed by atoms with Gasteiger partial charge in [-0.2, -0.15) is 0 Å². The predicted octanol–water partition coefficient (Wildman–Crippen LogP) is 5.45. The van der Waals surface area contributed by atoms with Gasteiger partial charge in [0.1, 0.15) is 0 Å². The molecule has 1 heterocycles. The molecule has 0 atom stereocenters. The summed E-state index contributed by atoms with van der Waals surface area (Å²) in [6, 6.07) is 14.4. The van der Waals surface area contributed by atoms with Crippen molar-refractivity contribution in [2.24, 2.45) is 0 Å². The monoisotopic (exact) mass is 361 g/mol. The van der Waals surface area contributed by atoms with Gasteiger partial charge in [0.25, 0.3) is 0 Å². The van der Waals surface area contributed by atoms with Crippen LogP contribution in [0.15, 0.2) is 53.9 Å². The SMILES string of the molecule is Cc1cccc(-n2c(OC(=O)c3ccc(Cl)cc3)csc2=S)c1. The Morgan fingerprint density at radius 1 is 1.22 bits per heavy atom. The number of aryl methyl sites for hydroxylation is 1. The summed E-state index contributed by atoms with van der Waals surface area (Å²) in [6.45, 7) is 2.00. The number of carbonyl (C=O) groups is 1. The van der Waals surface area contributed by atoms with Gasteiger partial charge in [-0.15, -0.1) is 11.3 Å². The van der Waals surface area contributed by atoms with Crippen LogP contribution in [0.25, 0.3) is 5.69 Å². The number of hydrogen-bond donors (Lipinski definition) is 0. The number of esters is 1. The summed E-state index contributed by atoms with van der Waals surface area (Å²) in [4.78, 5) is 12.3. The Labute approximate surface area is 147 Å². The average molecular weight is 362 g/mol. The lowest BCUT2D eigenvalue weighted by Crippen LogP contribution is -2.11. The molecule has 0 saturated carbocycles. The Hall–Kier alpha value is -1.95. The zero-order valence-electron chi connectivity index (χ0n) is 12.2. The molecule has 0 bridgehead atoms. The molecule has 116 valence electrons. The van der Waals surface area contributed by atoms with Gasteiger partial charge in [0.05, 0.1) is 16.6 Å². The van der Waals surface area contributed by atoms with Gasteiger partial charge in [-0.25, -0.2) is 4.79 Å². The van der Waals surface area contributed by atoms with Gasteiger partial charge in [-0.3, -0.25) is 4.57 Å². The smallest absolute Gasteiger partial charge is 0.344 e. The topological polar surface area (TPSA) is 31.2 Å². The highest BCUT2D eigenvalue weighted by molar-refractivity contribution is 7.73. The van der Waals surface area contributed by atoms with Crippen molar-refractivity contribution in [2.45, 2.75) is 6.92 Å². The highest BCUT2D eigenvalue weighted by Gasteiger charge is 2.14. The normalized spacial score (nSPS) is 10.5. The van der Waals surface area contributed by atoms with Crippen molar-refractivity contribution in [3.8, 4) is 11.6 Å². The Kier molecular flexibility index (Phi) is 4.61. The number of thiazole rings is 1. The molecule has 0 unspecified atom stereocenters. The molecular weight excluding hydrogens is 350 g/mol. The van der Waals surface area contributed by atoms with Crippen molar-refractivity contribution < 1.29 is 9.53 Å². The molecule has 0 aliphatic rings. The molecule has 2 aromatic carbocycles. The third-order valence-electron chi connectivity index (χ3n) is 3.20. The molecule has 3 aromatic rings. The summed E-state index contributed by atoms with van der Waals surface area (Å²) in [5.74, 6) is -0.0404. The highest BCUT2D eigenvalue weighted by Crippen LogP contribution is 2.26. The summed E-state index contributed by atoms with van der Waals surface area (Å²) < 4.78 is 7.88. The number of nitrogens with zero attached hydrogens (tertiary/aromatic N) is 1. The van der Waals surface area contributed by atoms with E-state index in [1.165, 1.54) is 11.3 Å². The largest absolute Gasteiger partial charge is 0.404 e. The molecule has 0 fully saturated rings. The first kappa shape index (κ1) is 15.9. The van der Waals surface area contributed by atoms with Gasteiger partial charge >= 0.3 is 5.97 Å². The van der Waals surface area contributed by atoms with E-state index in [1.807, 2.05) is 31.2 Å². The van der Waals surface area contributed by atoms with Crippen molar-refractivity contribution in [2.75, 3.05) is 0 Å². The van der Waals surface area contributed by atoms with E-state index < -0.39 is 5.97 Å². The Bertz CT molecular complexity index is 913. The van der Waals surface area contributed by atoms with Crippen molar-refractivity contribution in [3.05, 3.63) is 74.0 Å². The van der Waals surface area contributed by atoms with Crippen molar-refractivity contribution in [1.82, 2.24) is 4.57 Å². The van der Waals surface area contributed by atoms with E-state index in [1.54, 1.807) is 34.2 Å². The van der Waals surface area contributed by atoms with Crippen molar-refractivity contribution in [3.63, 3.8) is 0 Å². The van der Waals surface area contributed by atoms with Gasteiger partial charge in [-0.1, -0.05) is 23.7 Å². The van der Waals surface area contributed by atoms with Crippen LogP contribution in [0.1, 0.15) is 15.9 Å².